The largest absolute Gasteiger partial charge is 0.321 e. The number of thiophene rings is 1. The number of ketones is 1. The predicted octanol–water partition coefficient (Wildman–Crippen LogP) is 3.07. The second-order valence-electron chi connectivity index (χ2n) is 4.34. The van der Waals surface area contributed by atoms with Crippen molar-refractivity contribution < 1.29 is 4.79 Å². The molecule has 2 nitrogen and oxygen atoms in total. The van der Waals surface area contributed by atoms with Crippen LogP contribution in [0.3, 0.4) is 0 Å². The molecule has 1 aromatic rings. The highest BCUT2D eigenvalue weighted by molar-refractivity contribution is 9.10. The third kappa shape index (κ3) is 2.43. The van der Waals surface area contributed by atoms with E-state index in [0.717, 1.165) is 4.47 Å². The van der Waals surface area contributed by atoms with Gasteiger partial charge in [0, 0.05) is 20.8 Å². The van der Waals surface area contributed by atoms with Gasteiger partial charge in [-0.15, -0.1) is 0 Å². The van der Waals surface area contributed by atoms with Gasteiger partial charge in [-0.1, -0.05) is 20.8 Å². The number of hydrogen-bond acceptors (Lipinski definition) is 3. The zero-order valence-corrected chi connectivity index (χ0v) is 10.9. The van der Waals surface area contributed by atoms with E-state index in [2.05, 4.69) is 15.9 Å². The molecule has 14 heavy (non-hydrogen) atoms. The highest BCUT2D eigenvalue weighted by Gasteiger charge is 2.29. The molecule has 0 fully saturated rings. The second kappa shape index (κ2) is 4.13. The first-order valence-corrected chi connectivity index (χ1v) is 6.09. The second-order valence-corrected chi connectivity index (χ2v) is 5.94. The van der Waals surface area contributed by atoms with Crippen molar-refractivity contribution in [1.29, 1.82) is 0 Å². The minimum atomic E-state index is -0.451. The molecular weight excluding hydrogens is 262 g/mol. The summed E-state index contributed by atoms with van der Waals surface area (Å²) in [5, 5.41) is 3.72. The van der Waals surface area contributed by atoms with Crippen LogP contribution in [0.1, 0.15) is 31.1 Å². The standard InChI is InChI=1S/C10H14BrNOS/c1-10(2,3)9(12)8(13)6-4-14-5-7(6)11/h4-5,9H,12H2,1-3H3. The highest BCUT2D eigenvalue weighted by atomic mass is 79.9. The molecule has 1 aromatic heterocycles. The Balaban J connectivity index is 2.92. The molecule has 0 spiro atoms. The lowest BCUT2D eigenvalue weighted by atomic mass is 9.83. The minimum absolute atomic E-state index is 0.00521. The van der Waals surface area contributed by atoms with Crippen LogP contribution >= 0.6 is 27.3 Å². The summed E-state index contributed by atoms with van der Waals surface area (Å²) in [5.41, 5.74) is 6.38. The number of Topliss-reactive ketones (excluding diaryl/α,β-unsaturated/α-hetero) is 1. The van der Waals surface area contributed by atoms with Gasteiger partial charge in [0.15, 0.2) is 5.78 Å². The number of hydrogen-bond donors (Lipinski definition) is 1. The van der Waals surface area contributed by atoms with Crippen LogP contribution in [0.15, 0.2) is 15.2 Å². The molecule has 0 aliphatic heterocycles. The first kappa shape index (κ1) is 11.9. The molecule has 1 unspecified atom stereocenters. The number of rotatable bonds is 2. The molecule has 4 heteroatoms. The van der Waals surface area contributed by atoms with Gasteiger partial charge in [-0.25, -0.2) is 0 Å². The molecule has 0 aromatic carbocycles. The lowest BCUT2D eigenvalue weighted by Gasteiger charge is -2.25. The molecule has 1 atom stereocenters. The zero-order chi connectivity index (χ0) is 10.9. The van der Waals surface area contributed by atoms with E-state index in [1.807, 2.05) is 31.5 Å². The van der Waals surface area contributed by atoms with Crippen LogP contribution in [0.5, 0.6) is 0 Å². The monoisotopic (exact) mass is 275 g/mol. The molecule has 0 radical (unpaired) electrons. The van der Waals surface area contributed by atoms with E-state index < -0.39 is 6.04 Å². The first-order chi connectivity index (χ1) is 6.34. The van der Waals surface area contributed by atoms with Crippen molar-refractivity contribution in [2.24, 2.45) is 11.1 Å². The van der Waals surface area contributed by atoms with Gasteiger partial charge in [0.25, 0.3) is 0 Å². The van der Waals surface area contributed by atoms with Crippen LogP contribution in [0.4, 0.5) is 0 Å². The van der Waals surface area contributed by atoms with E-state index in [9.17, 15) is 4.79 Å². The Kier molecular flexibility index (Phi) is 3.50. The Hall–Kier alpha value is -0.190. The molecule has 0 aliphatic rings. The SMILES string of the molecule is CC(C)(C)C(N)C(=O)c1cscc1Br. The molecule has 0 saturated heterocycles. The van der Waals surface area contributed by atoms with Crippen LogP contribution in [0, 0.1) is 5.41 Å². The lowest BCUT2D eigenvalue weighted by Crippen LogP contribution is -2.42. The van der Waals surface area contributed by atoms with E-state index in [1.165, 1.54) is 11.3 Å². The van der Waals surface area contributed by atoms with Crippen molar-refractivity contribution in [1.82, 2.24) is 0 Å². The summed E-state index contributed by atoms with van der Waals surface area (Å²) in [7, 11) is 0. The smallest absolute Gasteiger partial charge is 0.182 e. The van der Waals surface area contributed by atoms with Gasteiger partial charge in [0.05, 0.1) is 6.04 Å². The Morgan fingerprint density at radius 3 is 2.43 bits per heavy atom. The fourth-order valence-corrected chi connectivity index (χ4v) is 2.50. The van der Waals surface area contributed by atoms with Gasteiger partial charge in [-0.3, -0.25) is 4.79 Å². The van der Waals surface area contributed by atoms with Crippen LogP contribution in [0.2, 0.25) is 0 Å². The van der Waals surface area contributed by atoms with Crippen molar-refractivity contribution >= 4 is 33.0 Å². The normalized spacial score (nSPS) is 14.1. The van der Waals surface area contributed by atoms with Gasteiger partial charge in [0.2, 0.25) is 0 Å². The van der Waals surface area contributed by atoms with Gasteiger partial charge in [-0.05, 0) is 21.3 Å². The maximum absolute atomic E-state index is 11.9. The third-order valence-corrected chi connectivity index (χ3v) is 3.80. The molecule has 0 bridgehead atoms. The first-order valence-electron chi connectivity index (χ1n) is 4.35. The predicted molar refractivity (Wildman–Crippen MR) is 63.8 cm³/mol. The minimum Gasteiger partial charge on any atom is -0.321 e. The third-order valence-electron chi connectivity index (χ3n) is 2.10. The van der Waals surface area contributed by atoms with Crippen molar-refractivity contribution in [2.75, 3.05) is 0 Å². The van der Waals surface area contributed by atoms with E-state index in [4.69, 9.17) is 5.73 Å². The van der Waals surface area contributed by atoms with E-state index >= 15 is 0 Å². The number of carbonyl (C=O) groups is 1. The molecule has 0 aliphatic carbocycles. The Labute approximate surface area is 96.6 Å². The fourth-order valence-electron chi connectivity index (χ4n) is 1.02. The topological polar surface area (TPSA) is 43.1 Å². The summed E-state index contributed by atoms with van der Waals surface area (Å²) in [6.07, 6.45) is 0. The van der Waals surface area contributed by atoms with Crippen molar-refractivity contribution in [3.63, 3.8) is 0 Å². The maximum Gasteiger partial charge on any atom is 0.182 e. The van der Waals surface area contributed by atoms with Gasteiger partial charge < -0.3 is 5.73 Å². The Morgan fingerprint density at radius 2 is 2.07 bits per heavy atom. The van der Waals surface area contributed by atoms with Gasteiger partial charge >= 0.3 is 0 Å². The molecule has 0 amide bonds. The summed E-state index contributed by atoms with van der Waals surface area (Å²) >= 11 is 4.84. The highest BCUT2D eigenvalue weighted by Crippen LogP contribution is 2.26. The van der Waals surface area contributed by atoms with Crippen LogP contribution < -0.4 is 5.73 Å². The average molecular weight is 276 g/mol. The van der Waals surface area contributed by atoms with Crippen LogP contribution in [-0.4, -0.2) is 11.8 Å². The summed E-state index contributed by atoms with van der Waals surface area (Å²) in [5.74, 6) is 0.00521. The molecule has 1 heterocycles. The quantitative estimate of drug-likeness (QED) is 0.843. The van der Waals surface area contributed by atoms with Crippen molar-refractivity contribution in [3.05, 3.63) is 20.8 Å². The van der Waals surface area contributed by atoms with E-state index in [1.54, 1.807) is 0 Å². The fraction of sp³-hybridized carbons (Fsp3) is 0.500. The Morgan fingerprint density at radius 1 is 1.50 bits per heavy atom. The number of nitrogens with two attached hydrogens (primary N) is 1. The summed E-state index contributed by atoms with van der Waals surface area (Å²) < 4.78 is 0.840. The van der Waals surface area contributed by atoms with Crippen molar-refractivity contribution in [2.45, 2.75) is 26.8 Å². The Bertz CT molecular complexity index is 340. The number of carbonyl (C=O) groups excluding carboxylic acids is 1. The lowest BCUT2D eigenvalue weighted by molar-refractivity contribution is 0.0901. The maximum atomic E-state index is 11.9. The molecular formula is C10H14BrNOS. The van der Waals surface area contributed by atoms with E-state index in [-0.39, 0.29) is 11.2 Å². The van der Waals surface area contributed by atoms with Crippen LogP contribution in [-0.2, 0) is 0 Å². The van der Waals surface area contributed by atoms with Gasteiger partial charge in [-0.2, -0.15) is 11.3 Å². The average Bonchev–Trinajstić information content (AvgIpc) is 2.47. The van der Waals surface area contributed by atoms with Gasteiger partial charge in [0.1, 0.15) is 0 Å². The molecule has 1 rings (SSSR count). The van der Waals surface area contributed by atoms with Crippen molar-refractivity contribution in [3.8, 4) is 0 Å². The number of halogens is 1. The summed E-state index contributed by atoms with van der Waals surface area (Å²) in [4.78, 5) is 11.9. The molecule has 78 valence electrons. The molecule has 2 N–H and O–H groups in total. The summed E-state index contributed by atoms with van der Waals surface area (Å²) in [6.45, 7) is 5.90. The van der Waals surface area contributed by atoms with Crippen LogP contribution in [0.25, 0.3) is 0 Å². The summed E-state index contributed by atoms with van der Waals surface area (Å²) in [6, 6.07) is -0.451. The van der Waals surface area contributed by atoms with E-state index in [0.29, 0.717) is 5.56 Å². The molecule has 0 saturated carbocycles. The zero-order valence-electron chi connectivity index (χ0n) is 8.50.